The van der Waals surface area contributed by atoms with Crippen LogP contribution in [0.3, 0.4) is 0 Å². The number of hydrogen-bond donors (Lipinski definition) is 0. The van der Waals surface area contributed by atoms with Gasteiger partial charge in [0.05, 0.1) is 7.11 Å². The number of hydroxylamine groups is 2. The Morgan fingerprint density at radius 3 is 3.00 bits per heavy atom. The van der Waals surface area contributed by atoms with Crippen LogP contribution in [0.25, 0.3) is 0 Å². The van der Waals surface area contributed by atoms with E-state index in [1.807, 2.05) is 0 Å². The summed E-state index contributed by atoms with van der Waals surface area (Å²) in [6.07, 6.45) is 5.21. The van der Waals surface area contributed by atoms with E-state index in [9.17, 15) is 5.21 Å². The third-order valence-electron chi connectivity index (χ3n) is 1.10. The molecule has 0 aliphatic carbocycles. The smallest absolute Gasteiger partial charge is 0.341 e. The first kappa shape index (κ1) is 6.32. The molecule has 0 saturated heterocycles. The monoisotopic (exact) mass is 126 g/mol. The molecule has 3 heteroatoms. The van der Waals surface area contributed by atoms with Gasteiger partial charge in [-0.1, -0.05) is 6.08 Å². The lowest BCUT2D eigenvalue weighted by Crippen LogP contribution is -2.24. The zero-order valence-electron chi connectivity index (χ0n) is 5.20. The zero-order chi connectivity index (χ0) is 6.69. The Morgan fingerprint density at radius 2 is 2.56 bits per heavy atom. The highest BCUT2D eigenvalue weighted by Gasteiger charge is 2.12. The van der Waals surface area contributed by atoms with E-state index in [0.717, 1.165) is 5.06 Å². The zero-order valence-corrected chi connectivity index (χ0v) is 5.20. The van der Waals surface area contributed by atoms with E-state index >= 15 is 0 Å². The van der Waals surface area contributed by atoms with Crippen LogP contribution in [0, 0.1) is 5.21 Å². The molecule has 0 amide bonds. The average molecular weight is 126 g/mol. The lowest BCUT2D eigenvalue weighted by atomic mass is 10.4. The first-order valence-electron chi connectivity index (χ1n) is 2.70. The van der Waals surface area contributed by atoms with E-state index < -0.39 is 0 Å². The molecule has 3 nitrogen and oxygen atoms in total. The summed E-state index contributed by atoms with van der Waals surface area (Å²) >= 11 is 0. The molecule has 0 N–H and O–H groups in total. The summed E-state index contributed by atoms with van der Waals surface area (Å²) in [6, 6.07) is 0. The highest BCUT2D eigenvalue weighted by Crippen LogP contribution is 2.03. The molecule has 0 spiro atoms. The number of methoxy groups -OCH3 is 1. The molecule has 1 heterocycles. The first-order chi connectivity index (χ1) is 4.34. The lowest BCUT2D eigenvalue weighted by Gasteiger charge is -2.14. The Hall–Kier alpha value is -0.800. The van der Waals surface area contributed by atoms with Crippen molar-refractivity contribution >= 4 is 0 Å². The van der Waals surface area contributed by atoms with Gasteiger partial charge in [0.15, 0.2) is 6.54 Å². The molecule has 0 atom stereocenters. The van der Waals surface area contributed by atoms with Crippen LogP contribution >= 0.6 is 0 Å². The van der Waals surface area contributed by atoms with Gasteiger partial charge >= 0.3 is 5.88 Å². The van der Waals surface area contributed by atoms with Crippen molar-refractivity contribution in [3.63, 3.8) is 0 Å². The van der Waals surface area contributed by atoms with Gasteiger partial charge in [-0.2, -0.15) is 0 Å². The van der Waals surface area contributed by atoms with Crippen LogP contribution in [-0.4, -0.2) is 13.7 Å². The maximum atomic E-state index is 10.7. The second-order valence-corrected chi connectivity index (χ2v) is 1.70. The van der Waals surface area contributed by atoms with Gasteiger partial charge in [-0.15, -0.1) is 5.06 Å². The lowest BCUT2D eigenvalue weighted by molar-refractivity contribution is 0.235. The largest absolute Gasteiger partial charge is 0.573 e. The minimum absolute atomic E-state index is 0.373. The molecule has 0 saturated carbocycles. The average Bonchev–Trinajstić information content (AvgIpc) is 1.89. The predicted octanol–water partition coefficient (Wildman–Crippen LogP) is 0.682. The molecule has 1 rings (SSSR count). The molecule has 0 aromatic heterocycles. The van der Waals surface area contributed by atoms with E-state index in [2.05, 4.69) is 0 Å². The van der Waals surface area contributed by atoms with E-state index in [1.54, 1.807) is 18.2 Å². The Morgan fingerprint density at radius 1 is 1.78 bits per heavy atom. The Labute approximate surface area is 53.8 Å². The molecular formula is C6H8NO2. The fourth-order valence-electron chi connectivity index (χ4n) is 0.650. The van der Waals surface area contributed by atoms with Gasteiger partial charge < -0.3 is 9.94 Å². The normalized spacial score (nSPS) is 19.6. The van der Waals surface area contributed by atoms with Crippen LogP contribution in [0.5, 0.6) is 0 Å². The molecule has 0 unspecified atom stereocenters. The number of nitrogens with zero attached hydrogens (tertiary/aromatic N) is 1. The van der Waals surface area contributed by atoms with Crippen LogP contribution in [0.15, 0.2) is 24.1 Å². The molecule has 1 radical (unpaired) electrons. The standard InChI is InChI=1S/C6H8NO2/c1-9-6-4-2-3-5-7(6)8/h2-4H,5H2,1H3. The molecular weight excluding hydrogens is 118 g/mol. The fraction of sp³-hybridized carbons (Fsp3) is 0.333. The van der Waals surface area contributed by atoms with Gasteiger partial charge in [0, 0.05) is 6.08 Å². The van der Waals surface area contributed by atoms with E-state index in [-0.39, 0.29) is 0 Å². The summed E-state index contributed by atoms with van der Waals surface area (Å²) in [5.41, 5.74) is 0. The highest BCUT2D eigenvalue weighted by atomic mass is 16.6. The quantitative estimate of drug-likeness (QED) is 0.383. The number of rotatable bonds is 1. The fourth-order valence-corrected chi connectivity index (χ4v) is 0.650. The summed E-state index contributed by atoms with van der Waals surface area (Å²) in [5.74, 6) is 0.373. The molecule has 0 aromatic rings. The molecule has 0 bridgehead atoms. The SMILES string of the molecule is COC1=CC=CC[N+]1[O-]. The minimum atomic E-state index is 0.373. The van der Waals surface area contributed by atoms with Gasteiger partial charge in [0.1, 0.15) is 0 Å². The summed E-state index contributed by atoms with van der Waals surface area (Å²) in [6.45, 7) is 0.389. The van der Waals surface area contributed by atoms with Crippen molar-refractivity contribution in [1.82, 2.24) is 5.06 Å². The van der Waals surface area contributed by atoms with E-state index in [4.69, 9.17) is 4.74 Å². The summed E-state index contributed by atoms with van der Waals surface area (Å²) in [7, 11) is 1.48. The molecule has 1 aliphatic rings. The Balaban J connectivity index is 2.63. The molecule has 1 aliphatic heterocycles. The van der Waals surface area contributed by atoms with Crippen molar-refractivity contribution in [2.24, 2.45) is 0 Å². The minimum Gasteiger partial charge on any atom is -0.573 e. The molecule has 0 fully saturated rings. The molecule has 0 aromatic carbocycles. The van der Waals surface area contributed by atoms with Crippen LogP contribution < -0.4 is 5.06 Å². The van der Waals surface area contributed by atoms with Gasteiger partial charge in [0.2, 0.25) is 0 Å². The van der Waals surface area contributed by atoms with Crippen molar-refractivity contribution in [2.45, 2.75) is 0 Å². The number of ether oxygens (including phenoxy) is 1. The Bertz CT molecular complexity index is 151. The maximum Gasteiger partial charge on any atom is 0.341 e. The van der Waals surface area contributed by atoms with Crippen LogP contribution in [0.2, 0.25) is 0 Å². The van der Waals surface area contributed by atoms with E-state index in [1.165, 1.54) is 7.11 Å². The van der Waals surface area contributed by atoms with Crippen molar-refractivity contribution < 1.29 is 4.74 Å². The molecule has 49 valence electrons. The van der Waals surface area contributed by atoms with Crippen molar-refractivity contribution in [3.8, 4) is 0 Å². The predicted molar refractivity (Wildman–Crippen MR) is 34.6 cm³/mol. The van der Waals surface area contributed by atoms with Crippen LogP contribution in [-0.2, 0) is 4.74 Å². The topological polar surface area (TPSA) is 38.2 Å². The van der Waals surface area contributed by atoms with Crippen LogP contribution in [0.1, 0.15) is 0 Å². The van der Waals surface area contributed by atoms with Gasteiger partial charge in [0.25, 0.3) is 0 Å². The highest BCUT2D eigenvalue weighted by molar-refractivity contribution is 5.16. The van der Waals surface area contributed by atoms with Crippen LogP contribution in [0.4, 0.5) is 0 Å². The maximum absolute atomic E-state index is 10.7. The van der Waals surface area contributed by atoms with Crippen molar-refractivity contribution in [3.05, 3.63) is 29.3 Å². The molecule has 9 heavy (non-hydrogen) atoms. The van der Waals surface area contributed by atoms with Gasteiger partial charge in [-0.3, -0.25) is 0 Å². The third kappa shape index (κ3) is 1.31. The first-order valence-corrected chi connectivity index (χ1v) is 2.70. The van der Waals surface area contributed by atoms with E-state index in [0.29, 0.717) is 12.4 Å². The number of allylic oxidation sites excluding steroid dienone is 2. The second kappa shape index (κ2) is 2.66. The van der Waals surface area contributed by atoms with Gasteiger partial charge in [-0.25, -0.2) is 0 Å². The van der Waals surface area contributed by atoms with Crippen molar-refractivity contribution in [2.75, 3.05) is 13.7 Å². The summed E-state index contributed by atoms with van der Waals surface area (Å²) in [4.78, 5) is 0. The summed E-state index contributed by atoms with van der Waals surface area (Å²) in [5, 5.41) is 11.5. The third-order valence-corrected chi connectivity index (χ3v) is 1.10. The number of hydrogen-bond acceptors (Lipinski definition) is 3. The second-order valence-electron chi connectivity index (χ2n) is 1.70. The van der Waals surface area contributed by atoms with Crippen molar-refractivity contribution in [1.29, 1.82) is 0 Å². The summed E-state index contributed by atoms with van der Waals surface area (Å²) < 4.78 is 4.73. The van der Waals surface area contributed by atoms with Gasteiger partial charge in [-0.05, 0) is 6.08 Å². The Kier molecular flexibility index (Phi) is 1.87.